The van der Waals surface area contributed by atoms with Crippen molar-refractivity contribution in [1.29, 1.82) is 0 Å². The van der Waals surface area contributed by atoms with Gasteiger partial charge in [-0.15, -0.1) is 0 Å². The van der Waals surface area contributed by atoms with E-state index in [2.05, 4.69) is 0 Å². The van der Waals surface area contributed by atoms with Crippen molar-refractivity contribution in [3.63, 3.8) is 0 Å². The number of benzene rings is 1. The predicted octanol–water partition coefficient (Wildman–Crippen LogP) is 2.89. The summed E-state index contributed by atoms with van der Waals surface area (Å²) < 4.78 is 0. The Balaban J connectivity index is 1.97. The molecule has 0 bridgehead atoms. The molecule has 1 heterocycles. The van der Waals surface area contributed by atoms with E-state index in [9.17, 15) is 14.7 Å². The highest BCUT2D eigenvalue weighted by atomic mass is 16.4. The van der Waals surface area contributed by atoms with Crippen molar-refractivity contribution < 1.29 is 14.7 Å². The maximum atomic E-state index is 12.7. The molecule has 4 heteroatoms. The molecule has 0 atom stereocenters. The predicted molar refractivity (Wildman–Crippen MR) is 75.1 cm³/mol. The zero-order valence-electron chi connectivity index (χ0n) is 11.5. The minimum absolute atomic E-state index is 0.00898. The quantitative estimate of drug-likeness (QED) is 0.921. The van der Waals surface area contributed by atoms with Gasteiger partial charge in [-0.1, -0.05) is 6.07 Å². The number of carboxylic acid groups (broad SMARTS) is 1. The number of aromatic carboxylic acids is 1. The van der Waals surface area contributed by atoms with E-state index in [0.717, 1.165) is 44.3 Å². The highest BCUT2D eigenvalue weighted by Crippen LogP contribution is 2.43. The number of likely N-dealkylation sites (tertiary alicyclic amines) is 1. The summed E-state index contributed by atoms with van der Waals surface area (Å²) in [6.45, 7) is 1.58. The van der Waals surface area contributed by atoms with Gasteiger partial charge >= 0.3 is 5.97 Å². The molecule has 1 saturated carbocycles. The lowest BCUT2D eigenvalue weighted by molar-refractivity contribution is 0.0695. The third kappa shape index (κ3) is 2.42. The topological polar surface area (TPSA) is 57.6 Å². The van der Waals surface area contributed by atoms with E-state index in [1.54, 1.807) is 18.2 Å². The number of piperidine rings is 1. The van der Waals surface area contributed by atoms with Gasteiger partial charge in [0.05, 0.1) is 5.56 Å². The summed E-state index contributed by atoms with van der Waals surface area (Å²) in [5.41, 5.74) is 1.67. The van der Waals surface area contributed by atoms with Crippen molar-refractivity contribution in [3.05, 3.63) is 34.9 Å². The molecule has 1 aliphatic carbocycles. The minimum atomic E-state index is -0.930. The Kier molecular flexibility index (Phi) is 3.47. The first-order valence-electron chi connectivity index (χ1n) is 7.34. The van der Waals surface area contributed by atoms with Gasteiger partial charge in [-0.05, 0) is 55.7 Å². The molecule has 2 aliphatic rings. The fraction of sp³-hybridized carbons (Fsp3) is 0.500. The molecule has 106 valence electrons. The Morgan fingerprint density at radius 3 is 2.30 bits per heavy atom. The van der Waals surface area contributed by atoms with E-state index in [-0.39, 0.29) is 11.8 Å². The fourth-order valence-electron chi connectivity index (χ4n) is 3.02. The van der Waals surface area contributed by atoms with Gasteiger partial charge in [0, 0.05) is 18.7 Å². The van der Waals surface area contributed by atoms with Crippen molar-refractivity contribution in [2.24, 2.45) is 0 Å². The van der Waals surface area contributed by atoms with Crippen LogP contribution < -0.4 is 0 Å². The largest absolute Gasteiger partial charge is 0.478 e. The minimum Gasteiger partial charge on any atom is -0.478 e. The number of carbonyl (C=O) groups is 2. The average Bonchev–Trinajstić information content (AvgIpc) is 3.31. The van der Waals surface area contributed by atoms with E-state index in [4.69, 9.17) is 0 Å². The number of hydrogen-bond acceptors (Lipinski definition) is 2. The van der Waals surface area contributed by atoms with Crippen LogP contribution in [0.2, 0.25) is 0 Å². The van der Waals surface area contributed by atoms with Crippen LogP contribution in [0.3, 0.4) is 0 Å². The highest BCUT2D eigenvalue weighted by Gasteiger charge is 2.33. The van der Waals surface area contributed by atoms with Crippen LogP contribution in [-0.4, -0.2) is 35.0 Å². The summed E-state index contributed by atoms with van der Waals surface area (Å²) in [5, 5.41) is 9.33. The van der Waals surface area contributed by atoms with Crippen LogP contribution >= 0.6 is 0 Å². The molecule has 1 amide bonds. The zero-order valence-corrected chi connectivity index (χ0v) is 11.5. The van der Waals surface area contributed by atoms with Crippen molar-refractivity contribution in [2.75, 3.05) is 13.1 Å². The van der Waals surface area contributed by atoms with E-state index < -0.39 is 5.97 Å². The van der Waals surface area contributed by atoms with Crippen LogP contribution in [-0.2, 0) is 0 Å². The molecule has 1 saturated heterocycles. The number of rotatable bonds is 3. The second-order valence-electron chi connectivity index (χ2n) is 5.70. The number of hydrogen-bond donors (Lipinski definition) is 1. The average molecular weight is 273 g/mol. The van der Waals surface area contributed by atoms with Crippen LogP contribution in [0.5, 0.6) is 0 Å². The Morgan fingerprint density at radius 2 is 1.70 bits per heavy atom. The molecule has 2 fully saturated rings. The van der Waals surface area contributed by atoms with Crippen LogP contribution in [0.1, 0.15) is 64.3 Å². The Morgan fingerprint density at radius 1 is 1.05 bits per heavy atom. The molecule has 1 N–H and O–H groups in total. The summed E-state index contributed by atoms with van der Waals surface area (Å²) in [6.07, 6.45) is 5.25. The normalized spacial score (nSPS) is 18.9. The first-order valence-corrected chi connectivity index (χ1v) is 7.34. The molecular formula is C16H19NO3. The van der Waals surface area contributed by atoms with E-state index in [0.29, 0.717) is 11.1 Å². The third-order valence-electron chi connectivity index (χ3n) is 4.20. The molecule has 0 unspecified atom stereocenters. The number of amides is 1. The zero-order chi connectivity index (χ0) is 14.1. The first-order chi connectivity index (χ1) is 9.68. The molecule has 3 rings (SSSR count). The second kappa shape index (κ2) is 5.27. The molecule has 0 spiro atoms. The molecule has 0 radical (unpaired) electrons. The van der Waals surface area contributed by atoms with Crippen molar-refractivity contribution >= 4 is 11.9 Å². The monoisotopic (exact) mass is 273 g/mol. The third-order valence-corrected chi connectivity index (χ3v) is 4.20. The fourth-order valence-corrected chi connectivity index (χ4v) is 3.02. The molecule has 1 aliphatic heterocycles. The van der Waals surface area contributed by atoms with Gasteiger partial charge in [0.15, 0.2) is 0 Å². The summed E-state index contributed by atoms with van der Waals surface area (Å²) in [6, 6.07) is 5.09. The number of carboxylic acids is 1. The van der Waals surface area contributed by atoms with E-state index in [1.807, 2.05) is 4.90 Å². The van der Waals surface area contributed by atoms with Crippen LogP contribution in [0.25, 0.3) is 0 Å². The standard InChI is InChI=1S/C16H19NO3/c18-15(17-9-2-1-3-10-17)12-5-4-6-13(16(19)20)14(12)11-7-8-11/h4-6,11H,1-3,7-10H2,(H,19,20). The van der Waals surface area contributed by atoms with Crippen molar-refractivity contribution in [1.82, 2.24) is 4.90 Å². The Hall–Kier alpha value is -1.84. The number of carbonyl (C=O) groups excluding carboxylic acids is 1. The van der Waals surface area contributed by atoms with Crippen molar-refractivity contribution in [2.45, 2.75) is 38.0 Å². The van der Waals surface area contributed by atoms with E-state index in [1.165, 1.54) is 6.42 Å². The van der Waals surface area contributed by atoms with Gasteiger partial charge in [-0.3, -0.25) is 4.79 Å². The number of nitrogens with zero attached hydrogens (tertiary/aromatic N) is 1. The summed E-state index contributed by atoms with van der Waals surface area (Å²) >= 11 is 0. The van der Waals surface area contributed by atoms with Crippen LogP contribution in [0.15, 0.2) is 18.2 Å². The highest BCUT2D eigenvalue weighted by molar-refractivity contribution is 6.00. The summed E-state index contributed by atoms with van der Waals surface area (Å²) in [7, 11) is 0. The lowest BCUT2D eigenvalue weighted by Crippen LogP contribution is -2.36. The first kappa shape index (κ1) is 13.2. The lowest BCUT2D eigenvalue weighted by Gasteiger charge is -2.27. The van der Waals surface area contributed by atoms with Crippen molar-refractivity contribution in [3.8, 4) is 0 Å². The summed E-state index contributed by atoms with van der Waals surface area (Å²) in [4.78, 5) is 25.9. The Labute approximate surface area is 118 Å². The van der Waals surface area contributed by atoms with Gasteiger partial charge in [-0.25, -0.2) is 4.79 Å². The smallest absolute Gasteiger partial charge is 0.335 e. The van der Waals surface area contributed by atoms with Gasteiger partial charge in [0.25, 0.3) is 5.91 Å². The van der Waals surface area contributed by atoms with Gasteiger partial charge in [-0.2, -0.15) is 0 Å². The molecule has 20 heavy (non-hydrogen) atoms. The van der Waals surface area contributed by atoms with Crippen LogP contribution in [0.4, 0.5) is 0 Å². The SMILES string of the molecule is O=C(O)c1cccc(C(=O)N2CCCCC2)c1C1CC1. The maximum Gasteiger partial charge on any atom is 0.335 e. The van der Waals surface area contributed by atoms with Gasteiger partial charge < -0.3 is 10.0 Å². The molecule has 0 aromatic heterocycles. The van der Waals surface area contributed by atoms with Crippen LogP contribution in [0, 0.1) is 0 Å². The molecule has 4 nitrogen and oxygen atoms in total. The lowest BCUT2D eigenvalue weighted by atomic mass is 9.95. The van der Waals surface area contributed by atoms with Gasteiger partial charge in [0.1, 0.15) is 0 Å². The van der Waals surface area contributed by atoms with E-state index >= 15 is 0 Å². The molecule has 1 aromatic rings. The summed E-state index contributed by atoms with van der Waals surface area (Å²) in [5.74, 6) is -0.666. The second-order valence-corrected chi connectivity index (χ2v) is 5.70. The Bertz CT molecular complexity index is 543. The van der Waals surface area contributed by atoms with Gasteiger partial charge in [0.2, 0.25) is 0 Å². The molecular weight excluding hydrogens is 254 g/mol. The molecule has 1 aromatic carbocycles. The maximum absolute atomic E-state index is 12.7.